The predicted octanol–water partition coefficient (Wildman–Crippen LogP) is 2.05. The molecule has 1 aromatic heterocycles. The van der Waals surface area contributed by atoms with Crippen LogP contribution >= 0.6 is 11.6 Å². The van der Waals surface area contributed by atoms with Gasteiger partial charge in [0.15, 0.2) is 5.15 Å². The molecule has 0 saturated heterocycles. The summed E-state index contributed by atoms with van der Waals surface area (Å²) in [5, 5.41) is 2.97. The summed E-state index contributed by atoms with van der Waals surface area (Å²) in [7, 11) is 0. The lowest BCUT2D eigenvalue weighted by Gasteiger charge is -2.15. The number of hydrogen-bond acceptors (Lipinski definition) is 3. The largest absolute Gasteiger partial charge is 0.327 e. The first-order chi connectivity index (χ1) is 7.50. The summed E-state index contributed by atoms with van der Waals surface area (Å²) in [6.07, 6.45) is 1.85. The van der Waals surface area contributed by atoms with Crippen LogP contribution in [-0.4, -0.2) is 16.9 Å². The number of halogens is 1. The van der Waals surface area contributed by atoms with Gasteiger partial charge in [0.25, 0.3) is 0 Å². The molecule has 1 amide bonds. The van der Waals surface area contributed by atoms with E-state index >= 15 is 0 Å². The van der Waals surface area contributed by atoms with Crippen molar-refractivity contribution in [3.05, 3.63) is 23.5 Å². The van der Waals surface area contributed by atoms with Crippen LogP contribution in [0, 0.1) is 5.92 Å². The second-order valence-corrected chi connectivity index (χ2v) is 4.36. The van der Waals surface area contributed by atoms with Gasteiger partial charge in [-0.3, -0.25) is 4.79 Å². The molecule has 0 saturated carbocycles. The van der Waals surface area contributed by atoms with Crippen LogP contribution in [0.15, 0.2) is 18.3 Å². The molecule has 1 heterocycles. The van der Waals surface area contributed by atoms with Gasteiger partial charge in [0, 0.05) is 18.7 Å². The van der Waals surface area contributed by atoms with Crippen LogP contribution in [0.3, 0.4) is 0 Å². The summed E-state index contributed by atoms with van der Waals surface area (Å²) < 4.78 is 0. The monoisotopic (exact) mass is 241 g/mol. The maximum absolute atomic E-state index is 11.6. The minimum absolute atomic E-state index is 0.142. The molecule has 88 valence electrons. The smallest absolute Gasteiger partial charge is 0.226 e. The summed E-state index contributed by atoms with van der Waals surface area (Å²) >= 11 is 5.81. The summed E-state index contributed by atoms with van der Waals surface area (Å²) in [4.78, 5) is 15.5. The predicted molar refractivity (Wildman–Crippen MR) is 65.3 cm³/mol. The second kappa shape index (κ2) is 5.82. The van der Waals surface area contributed by atoms with Crippen molar-refractivity contribution in [1.29, 1.82) is 0 Å². The molecule has 0 spiro atoms. The Bertz CT molecular complexity index is 368. The van der Waals surface area contributed by atoms with E-state index in [2.05, 4.69) is 10.3 Å². The van der Waals surface area contributed by atoms with Crippen molar-refractivity contribution in [2.45, 2.75) is 26.3 Å². The zero-order valence-corrected chi connectivity index (χ0v) is 10.2. The van der Waals surface area contributed by atoms with Gasteiger partial charge in [0.05, 0.1) is 5.69 Å². The van der Waals surface area contributed by atoms with E-state index in [-0.39, 0.29) is 29.4 Å². The van der Waals surface area contributed by atoms with Crippen molar-refractivity contribution in [2.75, 3.05) is 5.32 Å². The van der Waals surface area contributed by atoms with Gasteiger partial charge in [0.1, 0.15) is 0 Å². The molecule has 0 radical (unpaired) electrons. The number of carbonyl (C=O) groups excluding carboxylic acids is 1. The molecular weight excluding hydrogens is 226 g/mol. The van der Waals surface area contributed by atoms with Crippen LogP contribution in [0.4, 0.5) is 5.69 Å². The third-order valence-corrected chi connectivity index (χ3v) is 2.61. The molecule has 16 heavy (non-hydrogen) atoms. The van der Waals surface area contributed by atoms with Gasteiger partial charge in [0.2, 0.25) is 5.91 Å². The third kappa shape index (κ3) is 3.79. The lowest BCUT2D eigenvalue weighted by atomic mass is 10.0. The molecule has 0 aromatic carbocycles. The normalized spacial score (nSPS) is 12.6. The number of anilines is 1. The van der Waals surface area contributed by atoms with E-state index < -0.39 is 0 Å². The summed E-state index contributed by atoms with van der Waals surface area (Å²) in [6.45, 7) is 3.96. The highest BCUT2D eigenvalue weighted by molar-refractivity contribution is 6.32. The maximum atomic E-state index is 11.6. The van der Waals surface area contributed by atoms with Crippen molar-refractivity contribution >= 4 is 23.2 Å². The highest BCUT2D eigenvalue weighted by Crippen LogP contribution is 2.17. The van der Waals surface area contributed by atoms with E-state index in [0.717, 1.165) is 0 Å². The number of nitrogens with zero attached hydrogens (tertiary/aromatic N) is 1. The SMILES string of the molecule is CC(C)C(N)CC(=O)Nc1cccnc1Cl. The van der Waals surface area contributed by atoms with Gasteiger partial charge in [-0.05, 0) is 18.1 Å². The van der Waals surface area contributed by atoms with Gasteiger partial charge >= 0.3 is 0 Å². The molecule has 1 unspecified atom stereocenters. The highest BCUT2D eigenvalue weighted by atomic mass is 35.5. The zero-order valence-electron chi connectivity index (χ0n) is 9.40. The minimum atomic E-state index is -0.143. The Hall–Kier alpha value is -1.13. The summed E-state index contributed by atoms with van der Waals surface area (Å²) in [5.41, 5.74) is 6.32. The number of nitrogens with two attached hydrogens (primary N) is 1. The Morgan fingerprint density at radius 2 is 2.31 bits per heavy atom. The first kappa shape index (κ1) is 12.9. The van der Waals surface area contributed by atoms with E-state index in [1.807, 2.05) is 13.8 Å². The molecule has 5 heteroatoms. The molecule has 1 rings (SSSR count). The van der Waals surface area contributed by atoms with Gasteiger partial charge in [-0.1, -0.05) is 25.4 Å². The first-order valence-electron chi connectivity index (χ1n) is 5.16. The van der Waals surface area contributed by atoms with Gasteiger partial charge in [-0.2, -0.15) is 0 Å². The van der Waals surface area contributed by atoms with E-state index in [9.17, 15) is 4.79 Å². The third-order valence-electron chi connectivity index (χ3n) is 2.31. The molecule has 0 aliphatic heterocycles. The van der Waals surface area contributed by atoms with Crippen LogP contribution in [0.2, 0.25) is 5.15 Å². The molecule has 0 aliphatic carbocycles. The van der Waals surface area contributed by atoms with Crippen molar-refractivity contribution in [3.63, 3.8) is 0 Å². The maximum Gasteiger partial charge on any atom is 0.226 e. The van der Waals surface area contributed by atoms with Gasteiger partial charge in [-0.25, -0.2) is 4.98 Å². The van der Waals surface area contributed by atoms with Gasteiger partial charge < -0.3 is 11.1 Å². The summed E-state index contributed by atoms with van der Waals surface area (Å²) in [6, 6.07) is 3.27. The van der Waals surface area contributed by atoms with Crippen molar-refractivity contribution in [3.8, 4) is 0 Å². The van der Waals surface area contributed by atoms with Crippen LogP contribution in [0.5, 0.6) is 0 Å². The number of nitrogens with one attached hydrogen (secondary N) is 1. The van der Waals surface area contributed by atoms with E-state index in [4.69, 9.17) is 17.3 Å². The number of carbonyl (C=O) groups is 1. The van der Waals surface area contributed by atoms with E-state index in [1.165, 1.54) is 0 Å². The summed E-state index contributed by atoms with van der Waals surface area (Å²) in [5.74, 6) is 0.131. The lowest BCUT2D eigenvalue weighted by molar-refractivity contribution is -0.116. The van der Waals surface area contributed by atoms with Crippen molar-refractivity contribution < 1.29 is 4.79 Å². The fraction of sp³-hybridized carbons (Fsp3) is 0.455. The minimum Gasteiger partial charge on any atom is -0.327 e. The number of pyridine rings is 1. The molecule has 0 fully saturated rings. The average Bonchev–Trinajstić information content (AvgIpc) is 2.21. The Labute approximate surface area is 100 Å². The molecule has 0 aliphatic rings. The molecule has 1 aromatic rings. The van der Waals surface area contributed by atoms with Crippen LogP contribution < -0.4 is 11.1 Å². The number of amides is 1. The van der Waals surface area contributed by atoms with Crippen molar-refractivity contribution in [2.24, 2.45) is 11.7 Å². The highest BCUT2D eigenvalue weighted by Gasteiger charge is 2.13. The molecule has 0 bridgehead atoms. The Morgan fingerprint density at radius 3 is 2.88 bits per heavy atom. The molecule has 3 N–H and O–H groups in total. The van der Waals surface area contributed by atoms with Crippen LogP contribution in [0.25, 0.3) is 0 Å². The fourth-order valence-electron chi connectivity index (χ4n) is 1.13. The zero-order chi connectivity index (χ0) is 12.1. The average molecular weight is 242 g/mol. The molecule has 4 nitrogen and oxygen atoms in total. The first-order valence-corrected chi connectivity index (χ1v) is 5.54. The quantitative estimate of drug-likeness (QED) is 0.793. The second-order valence-electron chi connectivity index (χ2n) is 4.00. The Balaban J connectivity index is 2.55. The Morgan fingerprint density at radius 1 is 1.62 bits per heavy atom. The fourth-order valence-corrected chi connectivity index (χ4v) is 1.30. The lowest BCUT2D eigenvalue weighted by Crippen LogP contribution is -2.31. The number of aromatic nitrogens is 1. The topological polar surface area (TPSA) is 68.0 Å². The van der Waals surface area contributed by atoms with E-state index in [0.29, 0.717) is 5.69 Å². The Kier molecular flexibility index (Phi) is 4.71. The van der Waals surface area contributed by atoms with Crippen molar-refractivity contribution in [1.82, 2.24) is 4.98 Å². The number of hydrogen-bond donors (Lipinski definition) is 2. The molecule has 1 atom stereocenters. The van der Waals surface area contributed by atoms with Crippen LogP contribution in [-0.2, 0) is 4.79 Å². The van der Waals surface area contributed by atoms with Crippen LogP contribution in [0.1, 0.15) is 20.3 Å². The molecular formula is C11H16ClN3O. The number of rotatable bonds is 4. The van der Waals surface area contributed by atoms with E-state index in [1.54, 1.807) is 18.3 Å². The van der Waals surface area contributed by atoms with Gasteiger partial charge in [-0.15, -0.1) is 0 Å². The standard InChI is InChI=1S/C11H16ClN3O/c1-7(2)8(13)6-10(16)15-9-4-3-5-14-11(9)12/h3-5,7-8H,6,13H2,1-2H3,(H,15,16).